The van der Waals surface area contributed by atoms with Crippen molar-refractivity contribution in [3.63, 3.8) is 0 Å². The topological polar surface area (TPSA) is 81.4 Å². The number of alkyl halides is 1. The van der Waals surface area contributed by atoms with E-state index in [-0.39, 0.29) is 5.69 Å². The van der Waals surface area contributed by atoms with E-state index in [9.17, 15) is 9.18 Å². The first-order valence-electron chi connectivity index (χ1n) is 13.8. The van der Waals surface area contributed by atoms with E-state index in [0.29, 0.717) is 42.9 Å². The lowest BCUT2D eigenvalue weighted by molar-refractivity contribution is 0.307. The number of aromatic nitrogens is 6. The lowest BCUT2D eigenvalue weighted by atomic mass is 9.89. The van der Waals surface area contributed by atoms with Crippen molar-refractivity contribution in [1.29, 1.82) is 0 Å². The second kappa shape index (κ2) is 11.9. The minimum atomic E-state index is -0.603. The Hall–Kier alpha value is -3.55. The van der Waals surface area contributed by atoms with Crippen LogP contribution in [0.1, 0.15) is 69.3 Å². The van der Waals surface area contributed by atoms with Crippen LogP contribution >= 0.6 is 0 Å². The maximum absolute atomic E-state index is 14.5. The Balaban J connectivity index is 1.45. The molecule has 8 heteroatoms. The van der Waals surface area contributed by atoms with E-state index >= 15 is 0 Å². The maximum atomic E-state index is 14.5. The minimum Gasteiger partial charge on any atom is -0.293 e. The molecule has 0 radical (unpaired) electrons. The Labute approximate surface area is 223 Å². The Morgan fingerprint density at radius 3 is 2.37 bits per heavy atom. The molecule has 0 aliphatic heterocycles. The number of benzene rings is 2. The van der Waals surface area contributed by atoms with Crippen LogP contribution in [0.2, 0.25) is 0 Å². The number of halogens is 1. The molecular weight excluding hydrogens is 479 g/mol. The largest absolute Gasteiger partial charge is 0.328 e. The molecule has 1 N–H and O–H groups in total. The molecule has 200 valence electrons. The summed E-state index contributed by atoms with van der Waals surface area (Å²) in [4.78, 5) is 13.7. The van der Waals surface area contributed by atoms with Gasteiger partial charge in [-0.3, -0.25) is 9.13 Å². The van der Waals surface area contributed by atoms with Gasteiger partial charge in [-0.1, -0.05) is 81.6 Å². The first kappa shape index (κ1) is 26.1. The number of H-pyrrole nitrogens is 1. The molecule has 0 amide bonds. The summed E-state index contributed by atoms with van der Waals surface area (Å²) in [7, 11) is 0. The summed E-state index contributed by atoms with van der Waals surface area (Å²) in [6.45, 7) is 4.80. The van der Waals surface area contributed by atoms with Crippen LogP contribution in [-0.2, 0) is 26.2 Å². The Kier molecular flexibility index (Phi) is 8.15. The number of imidazole rings is 1. The average Bonchev–Trinajstić information content (AvgIpc) is 3.56. The Morgan fingerprint density at radius 1 is 0.974 bits per heavy atom. The lowest BCUT2D eigenvalue weighted by Crippen LogP contribution is -2.29. The minimum absolute atomic E-state index is 0.0755. The molecule has 1 aliphatic rings. The molecule has 1 saturated carbocycles. The standard InChI is InChI=1S/C30H37FN6O/c1-21(2)12-17-27-28(18-31)37(19-22-8-4-3-5-9-22)30(38)36(27)20-23-13-15-24(16-14-23)25-10-6-7-11-26(25)29-32-34-35-33-29/h6-7,10-11,13-16,21-22H,3-5,8-9,12,17-20H2,1-2H3,(H,32,33,34,35). The highest BCUT2D eigenvalue weighted by molar-refractivity contribution is 5.80. The van der Waals surface area contributed by atoms with E-state index in [1.165, 1.54) is 19.3 Å². The van der Waals surface area contributed by atoms with Crippen molar-refractivity contribution in [2.24, 2.45) is 11.8 Å². The molecule has 0 unspecified atom stereocenters. The van der Waals surface area contributed by atoms with Gasteiger partial charge in [-0.15, -0.1) is 10.2 Å². The molecule has 1 aliphatic carbocycles. The van der Waals surface area contributed by atoms with Gasteiger partial charge >= 0.3 is 5.69 Å². The maximum Gasteiger partial charge on any atom is 0.328 e. The van der Waals surface area contributed by atoms with E-state index in [1.807, 2.05) is 28.8 Å². The second-order valence-electron chi connectivity index (χ2n) is 10.9. The summed E-state index contributed by atoms with van der Waals surface area (Å²) in [6.07, 6.45) is 7.54. The van der Waals surface area contributed by atoms with Crippen molar-refractivity contribution in [3.8, 4) is 22.5 Å². The average molecular weight is 517 g/mol. The van der Waals surface area contributed by atoms with Crippen molar-refractivity contribution in [2.75, 3.05) is 0 Å². The third-order valence-electron chi connectivity index (χ3n) is 7.82. The molecule has 38 heavy (non-hydrogen) atoms. The molecule has 4 aromatic rings. The van der Waals surface area contributed by atoms with E-state index in [4.69, 9.17) is 0 Å². The molecule has 0 bridgehead atoms. The van der Waals surface area contributed by atoms with Gasteiger partial charge in [0.25, 0.3) is 0 Å². The smallest absolute Gasteiger partial charge is 0.293 e. The Bertz CT molecular complexity index is 1380. The van der Waals surface area contributed by atoms with Gasteiger partial charge < -0.3 is 0 Å². The van der Waals surface area contributed by atoms with Crippen LogP contribution in [0.5, 0.6) is 0 Å². The molecule has 0 spiro atoms. The summed E-state index contributed by atoms with van der Waals surface area (Å²) in [5.41, 5.74) is 5.30. The zero-order chi connectivity index (χ0) is 26.5. The fourth-order valence-corrected chi connectivity index (χ4v) is 5.70. The van der Waals surface area contributed by atoms with Gasteiger partial charge in [-0.05, 0) is 59.4 Å². The zero-order valence-electron chi connectivity index (χ0n) is 22.4. The summed E-state index contributed by atoms with van der Waals surface area (Å²) >= 11 is 0. The van der Waals surface area contributed by atoms with Crippen molar-refractivity contribution in [3.05, 3.63) is 76.0 Å². The molecule has 2 aromatic carbocycles. The normalized spacial score (nSPS) is 14.4. The lowest BCUT2D eigenvalue weighted by Gasteiger charge is -2.22. The van der Waals surface area contributed by atoms with Gasteiger partial charge in [0.15, 0.2) is 0 Å². The summed E-state index contributed by atoms with van der Waals surface area (Å²) in [5.74, 6) is 1.48. The first-order chi connectivity index (χ1) is 18.5. The number of nitrogens with zero attached hydrogens (tertiary/aromatic N) is 5. The van der Waals surface area contributed by atoms with Crippen LogP contribution in [-0.4, -0.2) is 29.8 Å². The van der Waals surface area contributed by atoms with E-state index in [0.717, 1.165) is 47.2 Å². The van der Waals surface area contributed by atoms with Crippen molar-refractivity contribution in [2.45, 2.75) is 78.6 Å². The molecule has 2 heterocycles. The van der Waals surface area contributed by atoms with Gasteiger partial charge in [0, 0.05) is 17.8 Å². The summed E-state index contributed by atoms with van der Waals surface area (Å²) < 4.78 is 18.0. The van der Waals surface area contributed by atoms with Crippen LogP contribution in [0, 0.1) is 11.8 Å². The van der Waals surface area contributed by atoms with Gasteiger partial charge in [0.05, 0.1) is 12.2 Å². The van der Waals surface area contributed by atoms with Crippen molar-refractivity contribution in [1.82, 2.24) is 29.8 Å². The molecule has 7 nitrogen and oxygen atoms in total. The van der Waals surface area contributed by atoms with E-state index in [2.05, 4.69) is 58.7 Å². The third kappa shape index (κ3) is 5.64. The van der Waals surface area contributed by atoms with Gasteiger partial charge in [0.2, 0.25) is 5.82 Å². The van der Waals surface area contributed by atoms with Crippen LogP contribution < -0.4 is 5.69 Å². The SMILES string of the molecule is CC(C)CCc1c(CF)n(CC2CCCCC2)c(=O)n1Cc1ccc(-c2ccccc2-c2nn[nH]n2)cc1. The first-order valence-corrected chi connectivity index (χ1v) is 13.8. The summed E-state index contributed by atoms with van der Waals surface area (Å²) in [5, 5.41) is 14.5. The van der Waals surface area contributed by atoms with Gasteiger partial charge in [-0.2, -0.15) is 5.21 Å². The second-order valence-corrected chi connectivity index (χ2v) is 10.9. The summed E-state index contributed by atoms with van der Waals surface area (Å²) in [6, 6.07) is 16.2. The highest BCUT2D eigenvalue weighted by atomic mass is 19.1. The van der Waals surface area contributed by atoms with Crippen molar-refractivity contribution >= 4 is 0 Å². The monoisotopic (exact) mass is 516 g/mol. The molecular formula is C30H37FN6O. The number of hydrogen-bond acceptors (Lipinski definition) is 4. The number of hydrogen-bond donors (Lipinski definition) is 1. The van der Waals surface area contributed by atoms with Crippen LogP contribution in [0.25, 0.3) is 22.5 Å². The molecule has 5 rings (SSSR count). The third-order valence-corrected chi connectivity index (χ3v) is 7.82. The number of nitrogens with one attached hydrogen (secondary N) is 1. The number of tetrazole rings is 1. The highest BCUT2D eigenvalue weighted by Crippen LogP contribution is 2.30. The zero-order valence-corrected chi connectivity index (χ0v) is 22.4. The predicted molar refractivity (Wildman–Crippen MR) is 147 cm³/mol. The van der Waals surface area contributed by atoms with Crippen LogP contribution in [0.15, 0.2) is 53.3 Å². The van der Waals surface area contributed by atoms with E-state index < -0.39 is 6.67 Å². The van der Waals surface area contributed by atoms with E-state index in [1.54, 1.807) is 4.57 Å². The van der Waals surface area contributed by atoms with Crippen LogP contribution in [0.3, 0.4) is 0 Å². The Morgan fingerprint density at radius 2 is 1.71 bits per heavy atom. The molecule has 0 saturated heterocycles. The quantitative estimate of drug-likeness (QED) is 0.273. The highest BCUT2D eigenvalue weighted by Gasteiger charge is 2.23. The van der Waals surface area contributed by atoms with Gasteiger partial charge in [0.1, 0.15) is 6.67 Å². The van der Waals surface area contributed by atoms with Gasteiger partial charge in [-0.25, -0.2) is 9.18 Å². The number of aromatic amines is 1. The fraction of sp³-hybridized carbons (Fsp3) is 0.467. The van der Waals surface area contributed by atoms with Crippen molar-refractivity contribution < 1.29 is 4.39 Å². The molecule has 0 atom stereocenters. The van der Waals surface area contributed by atoms with Crippen LogP contribution in [0.4, 0.5) is 4.39 Å². The predicted octanol–water partition coefficient (Wildman–Crippen LogP) is 6.18. The number of rotatable bonds is 10. The molecule has 2 aromatic heterocycles. The fourth-order valence-electron chi connectivity index (χ4n) is 5.70. The molecule has 1 fully saturated rings.